The Kier molecular flexibility index (Phi) is 3.99. The first-order valence-electron chi connectivity index (χ1n) is 8.86. The molecule has 8 heteroatoms. The molecular formula is C20H14ClN5O2. The Morgan fingerprint density at radius 3 is 3.07 bits per heavy atom. The summed E-state index contributed by atoms with van der Waals surface area (Å²) in [5, 5.41) is 17.6. The fourth-order valence-electron chi connectivity index (χ4n) is 3.58. The average molecular weight is 392 g/mol. The van der Waals surface area contributed by atoms with Crippen molar-refractivity contribution in [1.29, 1.82) is 5.26 Å². The molecule has 1 aromatic carbocycles. The smallest absolute Gasteiger partial charge is 0.181 e. The molecule has 1 atom stereocenters. The van der Waals surface area contributed by atoms with Crippen molar-refractivity contribution in [2.24, 2.45) is 0 Å². The van der Waals surface area contributed by atoms with Crippen LogP contribution in [-0.2, 0) is 6.42 Å². The number of rotatable bonds is 3. The highest BCUT2D eigenvalue weighted by Crippen LogP contribution is 2.36. The quantitative estimate of drug-likeness (QED) is 0.512. The molecule has 1 aliphatic rings. The van der Waals surface area contributed by atoms with Crippen LogP contribution in [0.25, 0.3) is 22.4 Å². The normalized spacial score (nSPS) is 15.9. The van der Waals surface area contributed by atoms with Crippen LogP contribution in [0.3, 0.4) is 0 Å². The second-order valence-electron chi connectivity index (χ2n) is 6.63. The number of hydrogen-bond acceptors (Lipinski definition) is 6. The highest BCUT2D eigenvalue weighted by Gasteiger charge is 2.25. The first kappa shape index (κ1) is 16.8. The van der Waals surface area contributed by atoms with Gasteiger partial charge in [0.1, 0.15) is 28.8 Å². The SMILES string of the molecule is N#Cc1cc2c(nc1Cl)C(Oc1ccc3[nH]nc(-c4cnco4)c3c1)CCC2. The van der Waals surface area contributed by atoms with E-state index in [0.717, 1.165) is 41.4 Å². The van der Waals surface area contributed by atoms with Crippen LogP contribution in [0, 0.1) is 11.3 Å². The maximum atomic E-state index is 9.18. The summed E-state index contributed by atoms with van der Waals surface area (Å²) in [4.78, 5) is 8.40. The number of ether oxygens (including phenoxy) is 1. The van der Waals surface area contributed by atoms with Crippen molar-refractivity contribution in [1.82, 2.24) is 20.2 Å². The monoisotopic (exact) mass is 391 g/mol. The summed E-state index contributed by atoms with van der Waals surface area (Å²) in [6.45, 7) is 0. The van der Waals surface area contributed by atoms with Crippen LogP contribution in [0.2, 0.25) is 5.15 Å². The van der Waals surface area contributed by atoms with Crippen LogP contribution in [0.4, 0.5) is 0 Å². The lowest BCUT2D eigenvalue weighted by Crippen LogP contribution is -2.17. The van der Waals surface area contributed by atoms with E-state index >= 15 is 0 Å². The van der Waals surface area contributed by atoms with E-state index in [2.05, 4.69) is 26.2 Å². The third kappa shape index (κ3) is 2.79. The van der Waals surface area contributed by atoms with Crippen molar-refractivity contribution >= 4 is 22.5 Å². The minimum absolute atomic E-state index is 0.216. The van der Waals surface area contributed by atoms with Crippen LogP contribution < -0.4 is 4.74 Å². The van der Waals surface area contributed by atoms with Crippen molar-refractivity contribution in [3.63, 3.8) is 0 Å². The molecule has 1 aliphatic carbocycles. The number of hydrogen-bond donors (Lipinski definition) is 1. The molecule has 0 spiro atoms. The molecule has 28 heavy (non-hydrogen) atoms. The van der Waals surface area contributed by atoms with E-state index in [0.29, 0.717) is 22.8 Å². The van der Waals surface area contributed by atoms with Gasteiger partial charge in [0.25, 0.3) is 0 Å². The molecule has 138 valence electrons. The van der Waals surface area contributed by atoms with Crippen LogP contribution >= 0.6 is 11.6 Å². The van der Waals surface area contributed by atoms with Gasteiger partial charge in [-0.05, 0) is 49.1 Å². The Bertz CT molecular complexity index is 1210. The summed E-state index contributed by atoms with van der Waals surface area (Å²) in [5.74, 6) is 1.29. The summed E-state index contributed by atoms with van der Waals surface area (Å²) in [5.41, 5.74) is 3.78. The first-order chi connectivity index (χ1) is 13.7. The number of nitrogens with zero attached hydrogens (tertiary/aromatic N) is 4. The summed E-state index contributed by atoms with van der Waals surface area (Å²) >= 11 is 6.15. The Labute approximate surface area is 164 Å². The van der Waals surface area contributed by atoms with E-state index in [1.54, 1.807) is 6.20 Å². The van der Waals surface area contributed by atoms with E-state index in [1.165, 1.54) is 6.39 Å². The fraction of sp³-hybridized carbons (Fsp3) is 0.200. The molecule has 5 rings (SSSR count). The van der Waals surface area contributed by atoms with Crippen LogP contribution in [0.15, 0.2) is 41.3 Å². The van der Waals surface area contributed by atoms with Gasteiger partial charge in [-0.3, -0.25) is 5.10 Å². The minimum Gasteiger partial charge on any atom is -0.484 e. The number of fused-ring (bicyclic) bond motifs is 2. The van der Waals surface area contributed by atoms with Gasteiger partial charge in [0.05, 0.1) is 23.0 Å². The molecule has 1 N–H and O–H groups in total. The zero-order chi connectivity index (χ0) is 19.1. The lowest BCUT2D eigenvalue weighted by molar-refractivity contribution is 0.178. The lowest BCUT2D eigenvalue weighted by Gasteiger charge is -2.25. The van der Waals surface area contributed by atoms with Crippen molar-refractivity contribution < 1.29 is 9.15 Å². The minimum atomic E-state index is -0.216. The van der Waals surface area contributed by atoms with E-state index in [1.807, 2.05) is 24.3 Å². The van der Waals surface area contributed by atoms with Crippen LogP contribution in [-0.4, -0.2) is 20.2 Å². The Morgan fingerprint density at radius 1 is 1.32 bits per heavy atom. The van der Waals surface area contributed by atoms with Gasteiger partial charge in [0.2, 0.25) is 0 Å². The van der Waals surface area contributed by atoms with Crippen LogP contribution in [0.1, 0.15) is 35.8 Å². The molecule has 0 saturated carbocycles. The van der Waals surface area contributed by atoms with Gasteiger partial charge in [-0.15, -0.1) is 0 Å². The van der Waals surface area contributed by atoms with E-state index in [9.17, 15) is 5.26 Å². The number of nitrogens with one attached hydrogen (secondary N) is 1. The fourth-order valence-corrected chi connectivity index (χ4v) is 3.77. The van der Waals surface area contributed by atoms with Gasteiger partial charge in [0.15, 0.2) is 12.2 Å². The third-order valence-corrected chi connectivity index (χ3v) is 5.19. The molecule has 0 saturated heterocycles. The maximum Gasteiger partial charge on any atom is 0.181 e. The first-order valence-corrected chi connectivity index (χ1v) is 9.24. The van der Waals surface area contributed by atoms with Gasteiger partial charge in [-0.1, -0.05) is 11.6 Å². The van der Waals surface area contributed by atoms with Gasteiger partial charge < -0.3 is 9.15 Å². The molecule has 4 aromatic rings. The molecule has 0 radical (unpaired) electrons. The van der Waals surface area contributed by atoms with Crippen molar-refractivity contribution in [2.45, 2.75) is 25.4 Å². The molecule has 1 unspecified atom stereocenters. The maximum absolute atomic E-state index is 9.18. The molecular weight excluding hydrogens is 378 g/mol. The van der Waals surface area contributed by atoms with Gasteiger partial charge >= 0.3 is 0 Å². The number of oxazole rings is 1. The summed E-state index contributed by atoms with van der Waals surface area (Å²) in [7, 11) is 0. The van der Waals surface area contributed by atoms with E-state index in [4.69, 9.17) is 20.8 Å². The highest BCUT2D eigenvalue weighted by atomic mass is 35.5. The number of H-pyrrole nitrogens is 1. The number of aromatic amines is 1. The topological polar surface area (TPSA) is 101 Å². The predicted molar refractivity (Wildman–Crippen MR) is 102 cm³/mol. The zero-order valence-corrected chi connectivity index (χ0v) is 15.4. The largest absolute Gasteiger partial charge is 0.484 e. The van der Waals surface area contributed by atoms with Gasteiger partial charge in [-0.2, -0.15) is 10.4 Å². The number of benzene rings is 1. The second-order valence-corrected chi connectivity index (χ2v) is 6.98. The molecule has 0 aliphatic heterocycles. The third-order valence-electron chi connectivity index (χ3n) is 4.90. The van der Waals surface area contributed by atoms with E-state index in [-0.39, 0.29) is 11.3 Å². The standard InChI is InChI=1S/C20H14ClN5O2/c21-20-12(8-22)6-11-2-1-3-16(18(11)24-20)28-13-4-5-15-14(7-13)19(26-25-15)17-9-23-10-27-17/h4-7,9-10,16H,1-3H2,(H,25,26). The number of aryl methyl sites for hydroxylation is 1. The molecule has 0 bridgehead atoms. The molecule has 7 nitrogen and oxygen atoms in total. The summed E-state index contributed by atoms with van der Waals surface area (Å²) < 4.78 is 11.6. The number of nitriles is 1. The van der Waals surface area contributed by atoms with Crippen molar-refractivity contribution in [2.75, 3.05) is 0 Å². The zero-order valence-electron chi connectivity index (χ0n) is 14.6. The summed E-state index contributed by atoms with van der Waals surface area (Å²) in [6.07, 6.45) is 5.44. The molecule has 0 amide bonds. The Balaban J connectivity index is 1.51. The number of aromatic nitrogens is 4. The van der Waals surface area contributed by atoms with Crippen LogP contribution in [0.5, 0.6) is 5.75 Å². The van der Waals surface area contributed by atoms with Crippen molar-refractivity contribution in [3.05, 3.63) is 58.8 Å². The average Bonchev–Trinajstić information content (AvgIpc) is 3.37. The predicted octanol–water partition coefficient (Wildman–Crippen LogP) is 4.59. The second kappa shape index (κ2) is 6.66. The Hall–Kier alpha value is -3.37. The lowest BCUT2D eigenvalue weighted by atomic mass is 9.92. The number of pyridine rings is 1. The molecule has 3 heterocycles. The number of halogens is 1. The Morgan fingerprint density at radius 2 is 2.25 bits per heavy atom. The molecule has 3 aromatic heterocycles. The molecule has 0 fully saturated rings. The van der Waals surface area contributed by atoms with E-state index < -0.39 is 0 Å². The van der Waals surface area contributed by atoms with Gasteiger partial charge in [0, 0.05) is 5.39 Å². The van der Waals surface area contributed by atoms with Gasteiger partial charge in [-0.25, -0.2) is 9.97 Å². The summed E-state index contributed by atoms with van der Waals surface area (Å²) in [6, 6.07) is 9.64. The highest BCUT2D eigenvalue weighted by molar-refractivity contribution is 6.30. The van der Waals surface area contributed by atoms with Crippen molar-refractivity contribution in [3.8, 4) is 23.3 Å².